The predicted octanol–water partition coefficient (Wildman–Crippen LogP) is 3.23. The zero-order valence-electron chi connectivity index (χ0n) is 16.3. The molecule has 7 heteroatoms. The number of benzene rings is 2. The second-order valence-corrected chi connectivity index (χ2v) is 9.18. The first-order chi connectivity index (χ1) is 13.3. The van der Waals surface area contributed by atoms with E-state index in [1.165, 1.54) is 6.26 Å². The maximum absolute atomic E-state index is 13.1. The molecule has 0 aliphatic carbocycles. The van der Waals surface area contributed by atoms with Crippen LogP contribution in [0.5, 0.6) is 11.5 Å². The first kappa shape index (κ1) is 20.2. The smallest absolute Gasteiger partial charge is 0.254 e. The Morgan fingerprint density at radius 2 is 1.75 bits per heavy atom. The molecule has 150 valence electrons. The van der Waals surface area contributed by atoms with Gasteiger partial charge in [-0.3, -0.25) is 4.79 Å². The normalized spacial score (nSPS) is 16.8. The molecule has 1 aliphatic rings. The zero-order valence-corrected chi connectivity index (χ0v) is 17.2. The van der Waals surface area contributed by atoms with Crippen LogP contribution in [-0.4, -0.2) is 46.2 Å². The van der Waals surface area contributed by atoms with Crippen LogP contribution in [0.3, 0.4) is 0 Å². The van der Waals surface area contributed by atoms with Crippen molar-refractivity contribution < 1.29 is 22.7 Å². The Morgan fingerprint density at radius 1 is 1.07 bits per heavy atom. The molecule has 0 unspecified atom stereocenters. The molecule has 0 spiro atoms. The molecular weight excluding hydrogens is 378 g/mol. The van der Waals surface area contributed by atoms with Crippen molar-refractivity contribution in [3.8, 4) is 11.5 Å². The van der Waals surface area contributed by atoms with Gasteiger partial charge in [-0.05, 0) is 48.2 Å². The summed E-state index contributed by atoms with van der Waals surface area (Å²) >= 11 is 0. The molecule has 1 amide bonds. The van der Waals surface area contributed by atoms with Crippen molar-refractivity contribution in [2.24, 2.45) is 0 Å². The number of methoxy groups -OCH3 is 2. The van der Waals surface area contributed by atoms with Crippen LogP contribution >= 0.6 is 0 Å². The molecule has 0 bridgehead atoms. The van der Waals surface area contributed by atoms with Crippen molar-refractivity contribution >= 4 is 15.7 Å². The van der Waals surface area contributed by atoms with Crippen molar-refractivity contribution in [3.63, 3.8) is 0 Å². The van der Waals surface area contributed by atoms with Crippen LogP contribution in [0.25, 0.3) is 0 Å². The molecule has 1 saturated heterocycles. The molecule has 3 rings (SSSR count). The van der Waals surface area contributed by atoms with E-state index in [0.29, 0.717) is 29.2 Å². The van der Waals surface area contributed by atoms with Crippen molar-refractivity contribution in [2.75, 3.05) is 27.0 Å². The SMILES string of the molecule is COc1ccc([C@H]2CCCN2C(=O)c2ccc(CS(C)(=O)=O)cc2)cc1OC. The van der Waals surface area contributed by atoms with Gasteiger partial charge in [-0.25, -0.2) is 8.42 Å². The van der Waals surface area contributed by atoms with E-state index in [9.17, 15) is 13.2 Å². The molecule has 1 atom stereocenters. The highest BCUT2D eigenvalue weighted by molar-refractivity contribution is 7.89. The summed E-state index contributed by atoms with van der Waals surface area (Å²) in [7, 11) is 0.0875. The number of nitrogens with zero attached hydrogens (tertiary/aromatic N) is 1. The van der Waals surface area contributed by atoms with Crippen LogP contribution in [0.4, 0.5) is 0 Å². The lowest BCUT2D eigenvalue weighted by atomic mass is 10.0. The molecule has 6 nitrogen and oxygen atoms in total. The van der Waals surface area contributed by atoms with Crippen molar-refractivity contribution in [2.45, 2.75) is 24.6 Å². The Labute approximate surface area is 166 Å². The summed E-state index contributed by atoms with van der Waals surface area (Å²) in [6, 6.07) is 12.5. The van der Waals surface area contributed by atoms with Crippen LogP contribution in [0.15, 0.2) is 42.5 Å². The Kier molecular flexibility index (Phi) is 5.93. The molecule has 0 radical (unpaired) electrons. The second kappa shape index (κ2) is 8.22. The van der Waals surface area contributed by atoms with Gasteiger partial charge in [0.05, 0.1) is 26.0 Å². The maximum atomic E-state index is 13.1. The van der Waals surface area contributed by atoms with E-state index in [0.717, 1.165) is 18.4 Å². The van der Waals surface area contributed by atoms with Gasteiger partial charge < -0.3 is 14.4 Å². The molecular formula is C21H25NO5S. The van der Waals surface area contributed by atoms with Crippen LogP contribution < -0.4 is 9.47 Å². The number of sulfone groups is 1. The van der Waals surface area contributed by atoms with E-state index in [1.807, 2.05) is 23.1 Å². The number of ether oxygens (including phenoxy) is 2. The third kappa shape index (κ3) is 4.47. The minimum Gasteiger partial charge on any atom is -0.493 e. The Morgan fingerprint density at radius 3 is 2.36 bits per heavy atom. The topological polar surface area (TPSA) is 72.9 Å². The Hall–Kier alpha value is -2.54. The zero-order chi connectivity index (χ0) is 20.3. The first-order valence-corrected chi connectivity index (χ1v) is 11.2. The predicted molar refractivity (Wildman–Crippen MR) is 108 cm³/mol. The van der Waals surface area contributed by atoms with E-state index in [-0.39, 0.29) is 17.7 Å². The molecule has 0 N–H and O–H groups in total. The Bertz CT molecular complexity index is 953. The van der Waals surface area contributed by atoms with Crippen LogP contribution in [0.1, 0.15) is 40.4 Å². The first-order valence-electron chi connectivity index (χ1n) is 9.12. The summed E-state index contributed by atoms with van der Waals surface area (Å²) in [4.78, 5) is 14.9. The average molecular weight is 404 g/mol. The highest BCUT2D eigenvalue weighted by atomic mass is 32.2. The number of likely N-dealkylation sites (tertiary alicyclic amines) is 1. The number of carbonyl (C=O) groups excluding carboxylic acids is 1. The monoisotopic (exact) mass is 403 g/mol. The third-order valence-electron chi connectivity index (χ3n) is 4.94. The minimum atomic E-state index is -3.10. The van der Waals surface area contributed by atoms with Gasteiger partial charge in [-0.1, -0.05) is 18.2 Å². The fourth-order valence-corrected chi connectivity index (χ4v) is 4.43. The number of hydrogen-bond acceptors (Lipinski definition) is 5. The summed E-state index contributed by atoms with van der Waals surface area (Å²) in [5, 5.41) is 0. The van der Waals surface area contributed by atoms with Gasteiger partial charge in [0.25, 0.3) is 5.91 Å². The van der Waals surface area contributed by atoms with Crippen molar-refractivity contribution in [1.29, 1.82) is 0 Å². The largest absolute Gasteiger partial charge is 0.493 e. The summed E-state index contributed by atoms with van der Waals surface area (Å²) < 4.78 is 33.6. The van der Waals surface area contributed by atoms with E-state index in [2.05, 4.69) is 0 Å². The van der Waals surface area contributed by atoms with E-state index in [4.69, 9.17) is 9.47 Å². The van der Waals surface area contributed by atoms with E-state index in [1.54, 1.807) is 38.5 Å². The second-order valence-electron chi connectivity index (χ2n) is 7.04. The van der Waals surface area contributed by atoms with Gasteiger partial charge in [0.2, 0.25) is 0 Å². The van der Waals surface area contributed by atoms with Crippen LogP contribution in [0, 0.1) is 0 Å². The van der Waals surface area contributed by atoms with Crippen molar-refractivity contribution in [1.82, 2.24) is 4.90 Å². The van der Waals surface area contributed by atoms with Gasteiger partial charge in [0.15, 0.2) is 21.3 Å². The van der Waals surface area contributed by atoms with Gasteiger partial charge in [-0.15, -0.1) is 0 Å². The fourth-order valence-electron chi connectivity index (χ4n) is 3.63. The molecule has 0 saturated carbocycles. The van der Waals surface area contributed by atoms with Gasteiger partial charge in [0, 0.05) is 18.4 Å². The summed E-state index contributed by atoms with van der Waals surface area (Å²) in [5.41, 5.74) is 2.25. The molecule has 1 heterocycles. The molecule has 2 aromatic rings. The molecule has 1 aliphatic heterocycles. The van der Waals surface area contributed by atoms with E-state index >= 15 is 0 Å². The Balaban J connectivity index is 1.81. The molecule has 2 aromatic carbocycles. The highest BCUT2D eigenvalue weighted by Gasteiger charge is 2.31. The standard InChI is InChI=1S/C21H25NO5S/c1-26-19-11-10-17(13-20(19)27-2)18-5-4-12-22(18)21(23)16-8-6-15(7-9-16)14-28(3,24)25/h6-11,13,18H,4-5,12,14H2,1-3H3/t18-/m1/s1. The lowest BCUT2D eigenvalue weighted by Gasteiger charge is -2.26. The lowest BCUT2D eigenvalue weighted by Crippen LogP contribution is -2.30. The average Bonchev–Trinajstić information content (AvgIpc) is 3.16. The number of carbonyl (C=O) groups is 1. The number of hydrogen-bond donors (Lipinski definition) is 0. The molecule has 1 fully saturated rings. The number of rotatable bonds is 6. The van der Waals surface area contributed by atoms with Crippen molar-refractivity contribution in [3.05, 3.63) is 59.2 Å². The highest BCUT2D eigenvalue weighted by Crippen LogP contribution is 2.37. The van der Waals surface area contributed by atoms with Gasteiger partial charge >= 0.3 is 0 Å². The van der Waals surface area contributed by atoms with E-state index < -0.39 is 9.84 Å². The molecule has 0 aromatic heterocycles. The molecule has 28 heavy (non-hydrogen) atoms. The minimum absolute atomic E-state index is 0.0250. The summed E-state index contributed by atoms with van der Waals surface area (Å²) in [5.74, 6) is 1.22. The summed E-state index contributed by atoms with van der Waals surface area (Å²) in [6.07, 6.45) is 3.01. The van der Waals surface area contributed by atoms with Crippen LogP contribution in [-0.2, 0) is 15.6 Å². The maximum Gasteiger partial charge on any atom is 0.254 e. The van der Waals surface area contributed by atoms with Gasteiger partial charge in [-0.2, -0.15) is 0 Å². The fraction of sp³-hybridized carbons (Fsp3) is 0.381. The number of amides is 1. The van der Waals surface area contributed by atoms with Crippen LogP contribution in [0.2, 0.25) is 0 Å². The third-order valence-corrected chi connectivity index (χ3v) is 5.79. The lowest BCUT2D eigenvalue weighted by molar-refractivity contribution is 0.0735. The summed E-state index contributed by atoms with van der Waals surface area (Å²) in [6.45, 7) is 0.683. The quantitative estimate of drug-likeness (QED) is 0.740. The van der Waals surface area contributed by atoms with Gasteiger partial charge in [0.1, 0.15) is 0 Å².